The first-order chi connectivity index (χ1) is 21.8. The number of aliphatic hydroxyl groups excluding tert-OH is 1. The first-order valence-corrected chi connectivity index (χ1v) is 16.0. The Kier molecular flexibility index (Phi) is 9.34. The number of anilines is 2. The lowest BCUT2D eigenvalue weighted by Gasteiger charge is -2.36. The van der Waals surface area contributed by atoms with E-state index in [2.05, 4.69) is 56.9 Å². The Morgan fingerprint density at radius 2 is 1.76 bits per heavy atom. The Hall–Kier alpha value is -3.99. The van der Waals surface area contributed by atoms with Gasteiger partial charge in [0.1, 0.15) is 5.75 Å². The van der Waals surface area contributed by atoms with Crippen molar-refractivity contribution in [3.05, 3.63) is 65.9 Å². The van der Waals surface area contributed by atoms with Crippen LogP contribution in [-0.2, 0) is 0 Å². The molecule has 238 valence electrons. The lowest BCUT2D eigenvalue weighted by molar-refractivity contribution is 0.102. The highest BCUT2D eigenvalue weighted by Gasteiger charge is 2.27. The van der Waals surface area contributed by atoms with Gasteiger partial charge in [-0.05, 0) is 89.2 Å². The van der Waals surface area contributed by atoms with E-state index >= 15 is 0 Å². The van der Waals surface area contributed by atoms with E-state index in [1.54, 1.807) is 19.2 Å². The summed E-state index contributed by atoms with van der Waals surface area (Å²) in [5.74, 6) is 1.00. The van der Waals surface area contributed by atoms with Crippen molar-refractivity contribution in [1.82, 2.24) is 24.3 Å². The number of para-hydroxylation sites is 1. The monoisotopic (exact) mass is 611 g/mol. The fraction of sp³-hybridized carbons (Fsp3) is 0.457. The summed E-state index contributed by atoms with van der Waals surface area (Å²) in [6.45, 7) is 8.06. The lowest BCUT2D eigenvalue weighted by atomic mass is 9.93. The van der Waals surface area contributed by atoms with Crippen LogP contribution >= 0.6 is 0 Å². The molecule has 2 aromatic carbocycles. The summed E-state index contributed by atoms with van der Waals surface area (Å²) in [6, 6.07) is 17.9. The van der Waals surface area contributed by atoms with E-state index in [0.717, 1.165) is 87.2 Å². The molecule has 1 aliphatic carbocycles. The third-order valence-corrected chi connectivity index (χ3v) is 9.13. The van der Waals surface area contributed by atoms with Gasteiger partial charge < -0.3 is 24.2 Å². The van der Waals surface area contributed by atoms with Crippen LogP contribution in [0.2, 0.25) is 0 Å². The molecule has 1 saturated heterocycles. The van der Waals surface area contributed by atoms with Gasteiger partial charge in [0.05, 0.1) is 29.9 Å². The van der Waals surface area contributed by atoms with E-state index in [1.165, 1.54) is 5.69 Å². The maximum absolute atomic E-state index is 13.8. The fourth-order valence-electron chi connectivity index (χ4n) is 6.59. The first-order valence-electron chi connectivity index (χ1n) is 16.0. The number of imidazole rings is 1. The number of nitrogens with one attached hydrogen (secondary N) is 1. The molecule has 45 heavy (non-hydrogen) atoms. The maximum atomic E-state index is 13.8. The number of amides is 1. The van der Waals surface area contributed by atoms with Gasteiger partial charge in [0, 0.05) is 67.8 Å². The van der Waals surface area contributed by atoms with Gasteiger partial charge in [-0.2, -0.15) is 0 Å². The second-order valence-corrected chi connectivity index (χ2v) is 12.6. The number of aliphatic hydroxyl groups is 1. The molecule has 2 aliphatic rings. The van der Waals surface area contributed by atoms with Crippen LogP contribution < -0.4 is 15.0 Å². The van der Waals surface area contributed by atoms with Gasteiger partial charge in [0.25, 0.3) is 5.91 Å². The minimum absolute atomic E-state index is 0.134. The molecule has 3 heterocycles. The van der Waals surface area contributed by atoms with Crippen molar-refractivity contribution in [1.29, 1.82) is 0 Å². The molecule has 0 radical (unpaired) electrons. The molecule has 6 rings (SSSR count). The molecular weight excluding hydrogens is 566 g/mol. The number of aromatic nitrogens is 3. The predicted molar refractivity (Wildman–Crippen MR) is 179 cm³/mol. The maximum Gasteiger partial charge on any atom is 0.258 e. The Labute approximate surface area is 265 Å². The molecule has 2 aromatic heterocycles. The number of methoxy groups -OCH3 is 1. The topological polar surface area (TPSA) is 99.0 Å². The molecule has 4 aromatic rings. The average Bonchev–Trinajstić information content (AvgIpc) is 3.41. The summed E-state index contributed by atoms with van der Waals surface area (Å²) < 4.78 is 7.76. The van der Waals surface area contributed by atoms with Crippen molar-refractivity contribution in [3.8, 4) is 17.0 Å². The summed E-state index contributed by atoms with van der Waals surface area (Å²) in [4.78, 5) is 30.7. The Balaban J connectivity index is 1.29. The number of rotatable bonds is 9. The van der Waals surface area contributed by atoms with E-state index in [0.29, 0.717) is 23.0 Å². The number of benzene rings is 2. The Morgan fingerprint density at radius 1 is 1.00 bits per heavy atom. The van der Waals surface area contributed by atoms with E-state index in [9.17, 15) is 9.90 Å². The second kappa shape index (κ2) is 13.6. The third kappa shape index (κ3) is 6.98. The zero-order valence-electron chi connectivity index (χ0n) is 26.9. The molecule has 1 amide bonds. The smallest absolute Gasteiger partial charge is 0.258 e. The van der Waals surface area contributed by atoms with E-state index in [1.807, 2.05) is 31.2 Å². The normalized spacial score (nSPS) is 19.3. The number of ether oxygens (including phenoxy) is 1. The van der Waals surface area contributed by atoms with Crippen LogP contribution in [0, 0.1) is 6.92 Å². The summed E-state index contributed by atoms with van der Waals surface area (Å²) >= 11 is 0. The highest BCUT2D eigenvalue weighted by atomic mass is 16.5. The number of hydrogen-bond donors (Lipinski definition) is 2. The Morgan fingerprint density at radius 3 is 2.49 bits per heavy atom. The molecular formula is C35H45N7O3. The molecule has 0 spiro atoms. The number of fused-ring (bicyclic) bond motifs is 1. The number of hydrogen-bond acceptors (Lipinski definition) is 8. The molecule has 1 saturated carbocycles. The number of nitrogens with zero attached hydrogens (tertiary/aromatic N) is 6. The van der Waals surface area contributed by atoms with Crippen molar-refractivity contribution < 1.29 is 14.6 Å². The molecule has 2 fully saturated rings. The van der Waals surface area contributed by atoms with Crippen LogP contribution in [0.15, 0.2) is 54.6 Å². The van der Waals surface area contributed by atoms with Gasteiger partial charge in [-0.1, -0.05) is 12.1 Å². The molecule has 0 unspecified atom stereocenters. The quantitative estimate of drug-likeness (QED) is 0.278. The minimum atomic E-state index is -0.276. The van der Waals surface area contributed by atoms with Gasteiger partial charge in [-0.3, -0.25) is 20.0 Å². The Bertz CT molecular complexity index is 1640. The highest BCUT2D eigenvalue weighted by molar-refractivity contribution is 6.05. The van der Waals surface area contributed by atoms with Crippen LogP contribution in [-0.4, -0.2) is 102 Å². The molecule has 2 N–H and O–H groups in total. The highest BCUT2D eigenvalue weighted by Crippen LogP contribution is 2.36. The molecule has 0 atom stereocenters. The molecule has 0 bridgehead atoms. The number of piperazine rings is 1. The zero-order valence-corrected chi connectivity index (χ0v) is 26.9. The standard InChI is InChI=1S/C35H45N7O3/c1-24-21-25(22-31(36-24)29-7-5-6-8-33(29)45-4)34(44)38-35-37-30-14-11-27(41-19-17-40(18-20-41)16-15-39(2)3)23-32(30)42(35)26-9-12-28(43)13-10-26/h5-8,11,14,21-23,26,28,43H,9-10,12-13,15-20H2,1-4H3,(H,37,38,44)/t26-,28+. The van der Waals surface area contributed by atoms with Crippen LogP contribution in [0.1, 0.15) is 47.8 Å². The lowest BCUT2D eigenvalue weighted by Crippen LogP contribution is -2.48. The summed E-state index contributed by atoms with van der Waals surface area (Å²) in [5.41, 5.74) is 5.80. The number of likely N-dealkylation sites (N-methyl/N-ethyl adjacent to an activating group) is 1. The molecule has 10 heteroatoms. The fourth-order valence-corrected chi connectivity index (χ4v) is 6.59. The van der Waals surface area contributed by atoms with Gasteiger partial charge in [-0.15, -0.1) is 0 Å². The van der Waals surface area contributed by atoms with Crippen molar-refractivity contribution in [2.75, 3.05) is 70.7 Å². The largest absolute Gasteiger partial charge is 0.496 e. The summed E-state index contributed by atoms with van der Waals surface area (Å²) in [5, 5.41) is 13.4. The average molecular weight is 612 g/mol. The van der Waals surface area contributed by atoms with Crippen LogP contribution in [0.3, 0.4) is 0 Å². The van der Waals surface area contributed by atoms with Crippen LogP contribution in [0.5, 0.6) is 5.75 Å². The van der Waals surface area contributed by atoms with Crippen LogP contribution in [0.25, 0.3) is 22.3 Å². The third-order valence-electron chi connectivity index (χ3n) is 9.13. The molecule has 1 aliphatic heterocycles. The summed E-state index contributed by atoms with van der Waals surface area (Å²) in [7, 11) is 5.88. The first kappa shape index (κ1) is 31.0. The zero-order chi connectivity index (χ0) is 31.5. The van der Waals surface area contributed by atoms with Gasteiger partial charge >= 0.3 is 0 Å². The van der Waals surface area contributed by atoms with Gasteiger partial charge in [0.15, 0.2) is 0 Å². The van der Waals surface area contributed by atoms with Crippen molar-refractivity contribution in [3.63, 3.8) is 0 Å². The number of carbonyl (C=O) groups excluding carboxylic acids is 1. The number of aryl methyl sites for hydroxylation is 1. The molecule has 10 nitrogen and oxygen atoms in total. The van der Waals surface area contributed by atoms with Crippen molar-refractivity contribution >= 4 is 28.6 Å². The van der Waals surface area contributed by atoms with Crippen molar-refractivity contribution in [2.24, 2.45) is 0 Å². The van der Waals surface area contributed by atoms with Crippen LogP contribution in [0.4, 0.5) is 11.6 Å². The second-order valence-electron chi connectivity index (χ2n) is 12.6. The van der Waals surface area contributed by atoms with Gasteiger partial charge in [0.2, 0.25) is 5.95 Å². The predicted octanol–water partition coefficient (Wildman–Crippen LogP) is 4.83. The number of carbonyl (C=O) groups is 1. The van der Waals surface area contributed by atoms with Gasteiger partial charge in [-0.25, -0.2) is 4.98 Å². The minimum Gasteiger partial charge on any atom is -0.496 e. The van der Waals surface area contributed by atoms with E-state index in [-0.39, 0.29) is 18.1 Å². The number of pyridine rings is 1. The van der Waals surface area contributed by atoms with E-state index in [4.69, 9.17) is 14.7 Å². The van der Waals surface area contributed by atoms with E-state index < -0.39 is 0 Å². The summed E-state index contributed by atoms with van der Waals surface area (Å²) in [6.07, 6.45) is 2.85. The van der Waals surface area contributed by atoms with Crippen molar-refractivity contribution in [2.45, 2.75) is 44.8 Å². The SMILES string of the molecule is COc1ccccc1-c1cc(C(=O)Nc2nc3ccc(N4CCN(CCN(C)C)CC4)cc3n2[C@H]2CC[C@@H](O)CC2)cc(C)n1.